The Bertz CT molecular complexity index is 279. The van der Waals surface area contributed by atoms with E-state index in [0.717, 1.165) is 0 Å². The van der Waals surface area contributed by atoms with Gasteiger partial charge in [-0.05, 0) is 5.92 Å². The number of hydrogen-bond donors (Lipinski definition) is 1. The van der Waals surface area contributed by atoms with E-state index >= 15 is 0 Å². The topological polar surface area (TPSA) is 55.4 Å². The van der Waals surface area contributed by atoms with Crippen LogP contribution in [0.15, 0.2) is 0 Å². The third-order valence-corrected chi connectivity index (χ3v) is 1.12. The highest BCUT2D eigenvalue weighted by molar-refractivity contribution is 5.73. The van der Waals surface area contributed by atoms with Crippen molar-refractivity contribution in [3.05, 3.63) is 0 Å². The molecular formula is C9H9NO3. The Morgan fingerprint density at radius 2 is 2.46 bits per heavy atom. The molecule has 0 heterocycles. The van der Waals surface area contributed by atoms with Crippen LogP contribution < -0.4 is 5.32 Å². The second kappa shape index (κ2) is 6.75. The van der Waals surface area contributed by atoms with Crippen LogP contribution in [0.25, 0.3) is 0 Å². The molecule has 0 bridgehead atoms. The molecule has 1 N–H and O–H groups in total. The standard InChI is InChI=1S/C9H9NO3/c1-3-5-8(6-4-7-11)10-9(12)13-2/h1,7-8H,5H2,2H3,(H,10,12). The number of ether oxygens (including phenoxy) is 1. The number of alkyl carbamates (subject to hydrolysis) is 1. The van der Waals surface area contributed by atoms with Crippen molar-refractivity contribution in [1.29, 1.82) is 0 Å². The first-order valence-electron chi connectivity index (χ1n) is 3.47. The predicted molar refractivity (Wildman–Crippen MR) is 46.6 cm³/mol. The summed E-state index contributed by atoms with van der Waals surface area (Å²) < 4.78 is 4.33. The molecule has 0 aliphatic carbocycles. The lowest BCUT2D eigenvalue weighted by Gasteiger charge is -2.07. The quantitative estimate of drug-likeness (QED) is 0.477. The van der Waals surface area contributed by atoms with Gasteiger partial charge in [0.1, 0.15) is 6.04 Å². The van der Waals surface area contributed by atoms with Gasteiger partial charge in [0.25, 0.3) is 0 Å². The molecule has 0 rings (SSSR count). The summed E-state index contributed by atoms with van der Waals surface area (Å²) in [5.74, 6) is 6.95. The Hall–Kier alpha value is -1.94. The third-order valence-electron chi connectivity index (χ3n) is 1.12. The maximum absolute atomic E-state index is 10.7. The Balaban J connectivity index is 4.18. The van der Waals surface area contributed by atoms with Gasteiger partial charge in [0.05, 0.1) is 7.11 Å². The van der Waals surface area contributed by atoms with Gasteiger partial charge in [-0.2, -0.15) is 0 Å². The number of rotatable bonds is 2. The van der Waals surface area contributed by atoms with Crippen LogP contribution in [0.1, 0.15) is 6.42 Å². The van der Waals surface area contributed by atoms with Gasteiger partial charge in [0, 0.05) is 6.42 Å². The minimum atomic E-state index is -0.625. The largest absolute Gasteiger partial charge is 0.453 e. The van der Waals surface area contributed by atoms with Crippen molar-refractivity contribution >= 4 is 12.4 Å². The molecule has 0 aliphatic rings. The number of aldehydes is 1. The van der Waals surface area contributed by atoms with E-state index in [-0.39, 0.29) is 6.42 Å². The molecule has 0 aliphatic heterocycles. The molecule has 4 nitrogen and oxygen atoms in total. The molecule has 0 aromatic heterocycles. The molecule has 68 valence electrons. The minimum absolute atomic E-state index is 0.232. The van der Waals surface area contributed by atoms with Gasteiger partial charge in [-0.25, -0.2) is 4.79 Å². The highest BCUT2D eigenvalue weighted by Crippen LogP contribution is 1.88. The van der Waals surface area contributed by atoms with Crippen molar-refractivity contribution in [3.63, 3.8) is 0 Å². The molecule has 0 spiro atoms. The number of nitrogens with one attached hydrogen (secondary N) is 1. The van der Waals surface area contributed by atoms with E-state index < -0.39 is 12.1 Å². The molecule has 4 heteroatoms. The normalized spacial score (nSPS) is 9.85. The first-order chi connectivity index (χ1) is 6.24. The molecule has 0 saturated heterocycles. The van der Waals surface area contributed by atoms with Gasteiger partial charge in [-0.3, -0.25) is 4.79 Å². The van der Waals surface area contributed by atoms with Crippen molar-refractivity contribution in [2.75, 3.05) is 7.11 Å². The Morgan fingerprint density at radius 3 is 2.92 bits per heavy atom. The fourth-order valence-corrected chi connectivity index (χ4v) is 0.592. The number of carbonyl (C=O) groups is 2. The lowest BCUT2D eigenvalue weighted by atomic mass is 10.2. The smallest absolute Gasteiger partial charge is 0.407 e. The minimum Gasteiger partial charge on any atom is -0.453 e. The number of terminal acetylenes is 1. The van der Waals surface area contributed by atoms with Crippen molar-refractivity contribution in [1.82, 2.24) is 5.32 Å². The van der Waals surface area contributed by atoms with Crippen LogP contribution in [-0.2, 0) is 9.53 Å². The van der Waals surface area contributed by atoms with Crippen LogP contribution in [0.2, 0.25) is 0 Å². The predicted octanol–water partition coefficient (Wildman–Crippen LogP) is -0.0634. The summed E-state index contributed by atoms with van der Waals surface area (Å²) in [6, 6.07) is -0.539. The zero-order valence-electron chi connectivity index (χ0n) is 7.16. The van der Waals surface area contributed by atoms with Crippen LogP contribution >= 0.6 is 0 Å². The van der Waals surface area contributed by atoms with Crippen molar-refractivity contribution < 1.29 is 14.3 Å². The monoisotopic (exact) mass is 179 g/mol. The maximum atomic E-state index is 10.7. The number of hydrogen-bond acceptors (Lipinski definition) is 3. The van der Waals surface area contributed by atoms with Crippen LogP contribution in [0.4, 0.5) is 4.79 Å². The van der Waals surface area contributed by atoms with Gasteiger partial charge in [-0.15, -0.1) is 12.3 Å². The van der Waals surface area contributed by atoms with E-state index in [1.165, 1.54) is 7.11 Å². The fraction of sp³-hybridized carbons (Fsp3) is 0.333. The van der Waals surface area contributed by atoms with E-state index in [0.29, 0.717) is 6.29 Å². The molecule has 0 aromatic carbocycles. The summed E-state index contributed by atoms with van der Waals surface area (Å²) in [4.78, 5) is 20.6. The van der Waals surface area contributed by atoms with Crippen molar-refractivity contribution in [2.24, 2.45) is 0 Å². The first kappa shape index (κ1) is 11.1. The Labute approximate surface area is 76.6 Å². The molecule has 1 unspecified atom stereocenters. The van der Waals surface area contributed by atoms with Gasteiger partial charge in [-0.1, -0.05) is 5.92 Å². The average molecular weight is 179 g/mol. The lowest BCUT2D eigenvalue weighted by molar-refractivity contribution is -0.103. The van der Waals surface area contributed by atoms with E-state index in [9.17, 15) is 9.59 Å². The van der Waals surface area contributed by atoms with Crippen LogP contribution in [0.5, 0.6) is 0 Å². The highest BCUT2D eigenvalue weighted by Gasteiger charge is 2.06. The summed E-state index contributed by atoms with van der Waals surface area (Å²) in [7, 11) is 1.23. The first-order valence-corrected chi connectivity index (χ1v) is 3.47. The summed E-state index contributed by atoms with van der Waals surface area (Å²) in [6.45, 7) is 0. The SMILES string of the molecule is C#CCC(C#CC=O)NC(=O)OC. The zero-order valence-corrected chi connectivity index (χ0v) is 7.16. The number of methoxy groups -OCH3 is 1. The van der Waals surface area contributed by atoms with Crippen molar-refractivity contribution in [2.45, 2.75) is 12.5 Å². The number of carbonyl (C=O) groups excluding carboxylic acids is 2. The van der Waals surface area contributed by atoms with E-state index in [2.05, 4.69) is 27.8 Å². The molecule has 0 radical (unpaired) electrons. The molecule has 13 heavy (non-hydrogen) atoms. The zero-order chi connectivity index (χ0) is 10.1. The van der Waals surface area contributed by atoms with Crippen LogP contribution in [0, 0.1) is 24.2 Å². The van der Waals surface area contributed by atoms with Crippen LogP contribution in [-0.4, -0.2) is 25.5 Å². The summed E-state index contributed by atoms with van der Waals surface area (Å²) in [6.07, 6.45) is 5.06. The number of amides is 1. The molecule has 1 atom stereocenters. The summed E-state index contributed by atoms with van der Waals surface area (Å²) >= 11 is 0. The second-order valence-corrected chi connectivity index (χ2v) is 2.00. The third kappa shape index (κ3) is 5.34. The van der Waals surface area contributed by atoms with Gasteiger partial charge in [0.2, 0.25) is 0 Å². The summed E-state index contributed by atoms with van der Waals surface area (Å²) in [5.41, 5.74) is 0. The fourth-order valence-electron chi connectivity index (χ4n) is 0.592. The molecular weight excluding hydrogens is 170 g/mol. The molecule has 0 aromatic rings. The van der Waals surface area contributed by atoms with E-state index in [1.54, 1.807) is 0 Å². The van der Waals surface area contributed by atoms with Gasteiger partial charge < -0.3 is 10.1 Å². The van der Waals surface area contributed by atoms with Crippen LogP contribution in [0.3, 0.4) is 0 Å². The highest BCUT2D eigenvalue weighted by atomic mass is 16.5. The maximum Gasteiger partial charge on any atom is 0.407 e. The second-order valence-electron chi connectivity index (χ2n) is 2.00. The van der Waals surface area contributed by atoms with E-state index in [4.69, 9.17) is 6.42 Å². The Kier molecular flexibility index (Phi) is 5.74. The summed E-state index contributed by atoms with van der Waals surface area (Å²) in [5, 5.41) is 2.37. The average Bonchev–Trinajstić information content (AvgIpc) is 2.14. The van der Waals surface area contributed by atoms with Crippen molar-refractivity contribution in [3.8, 4) is 24.2 Å². The molecule has 1 amide bonds. The molecule has 0 fully saturated rings. The van der Waals surface area contributed by atoms with Gasteiger partial charge >= 0.3 is 6.09 Å². The Morgan fingerprint density at radius 1 is 1.77 bits per heavy atom. The lowest BCUT2D eigenvalue weighted by Crippen LogP contribution is -2.33. The van der Waals surface area contributed by atoms with Gasteiger partial charge in [0.15, 0.2) is 6.29 Å². The molecule has 0 saturated carbocycles. The van der Waals surface area contributed by atoms with E-state index in [1.807, 2.05) is 0 Å².